The molecule has 1 fully saturated rings. The fraction of sp³-hybridized carbons (Fsp3) is 0.385. The van der Waals surface area contributed by atoms with Crippen molar-refractivity contribution in [3.63, 3.8) is 0 Å². The highest BCUT2D eigenvalue weighted by atomic mass is 19.1. The summed E-state index contributed by atoms with van der Waals surface area (Å²) in [5, 5.41) is 9.86. The summed E-state index contributed by atoms with van der Waals surface area (Å²) in [6.45, 7) is 7.17. The van der Waals surface area contributed by atoms with Gasteiger partial charge in [0.15, 0.2) is 5.82 Å². The molecule has 0 spiro atoms. The van der Waals surface area contributed by atoms with E-state index in [1.54, 1.807) is 12.1 Å². The number of nitrogens with one attached hydrogen (secondary N) is 1. The zero-order valence-electron chi connectivity index (χ0n) is 19.0. The number of para-hydroxylation sites is 2. The predicted molar refractivity (Wildman–Crippen MR) is 128 cm³/mol. The summed E-state index contributed by atoms with van der Waals surface area (Å²) in [5.41, 5.74) is 4.69. The summed E-state index contributed by atoms with van der Waals surface area (Å²) in [5.74, 6) is 2.33. The van der Waals surface area contributed by atoms with Crippen LogP contribution in [0.2, 0.25) is 0 Å². The first-order valence-corrected chi connectivity index (χ1v) is 11.9. The SMILES string of the molecule is Cc1nnc2n1-c1ccccc1N(CCCN1CCC(c3c[nH]c4cc(F)ccc34)CC1)C2. The van der Waals surface area contributed by atoms with Crippen LogP contribution in [0.3, 0.4) is 0 Å². The first-order chi connectivity index (χ1) is 16.2. The third-order valence-corrected chi connectivity index (χ3v) is 7.29. The summed E-state index contributed by atoms with van der Waals surface area (Å²) in [6.07, 6.45) is 5.51. The molecule has 0 amide bonds. The number of aromatic amines is 1. The Bertz CT molecular complexity index is 1280. The number of piperidine rings is 1. The highest BCUT2D eigenvalue weighted by Gasteiger charge is 2.26. The fourth-order valence-electron chi connectivity index (χ4n) is 5.61. The molecule has 0 unspecified atom stereocenters. The predicted octanol–water partition coefficient (Wildman–Crippen LogP) is 4.79. The maximum Gasteiger partial charge on any atom is 0.157 e. The van der Waals surface area contributed by atoms with Crippen LogP contribution in [0.25, 0.3) is 16.6 Å². The third-order valence-electron chi connectivity index (χ3n) is 7.29. The van der Waals surface area contributed by atoms with Gasteiger partial charge in [-0.1, -0.05) is 12.1 Å². The van der Waals surface area contributed by atoms with Crippen LogP contribution in [0.15, 0.2) is 48.7 Å². The Labute approximate surface area is 193 Å². The normalized spacial score (nSPS) is 16.8. The Balaban J connectivity index is 1.06. The van der Waals surface area contributed by atoms with E-state index in [0.717, 1.165) is 69.2 Å². The van der Waals surface area contributed by atoms with Crippen LogP contribution in [-0.4, -0.2) is 50.8 Å². The molecule has 170 valence electrons. The fourth-order valence-corrected chi connectivity index (χ4v) is 5.61. The van der Waals surface area contributed by atoms with Crippen molar-refractivity contribution in [1.82, 2.24) is 24.6 Å². The number of H-pyrrole nitrogens is 1. The lowest BCUT2D eigenvalue weighted by Gasteiger charge is -2.34. The van der Waals surface area contributed by atoms with Gasteiger partial charge in [0.25, 0.3) is 0 Å². The molecule has 0 atom stereocenters. The topological polar surface area (TPSA) is 53.0 Å². The molecule has 0 radical (unpaired) electrons. The van der Waals surface area contributed by atoms with Crippen LogP contribution < -0.4 is 4.90 Å². The van der Waals surface area contributed by atoms with Gasteiger partial charge in [0.2, 0.25) is 0 Å². The highest BCUT2D eigenvalue weighted by molar-refractivity contribution is 5.83. The zero-order valence-corrected chi connectivity index (χ0v) is 19.0. The van der Waals surface area contributed by atoms with Gasteiger partial charge in [-0.25, -0.2) is 4.39 Å². The van der Waals surface area contributed by atoms with Gasteiger partial charge >= 0.3 is 0 Å². The van der Waals surface area contributed by atoms with E-state index in [2.05, 4.69) is 60.0 Å². The molecule has 4 aromatic rings. The minimum Gasteiger partial charge on any atom is -0.362 e. The van der Waals surface area contributed by atoms with Gasteiger partial charge in [0.05, 0.1) is 17.9 Å². The van der Waals surface area contributed by atoms with E-state index >= 15 is 0 Å². The number of nitrogens with zero attached hydrogens (tertiary/aromatic N) is 5. The molecule has 2 aliphatic rings. The van der Waals surface area contributed by atoms with Crippen LogP contribution in [-0.2, 0) is 6.54 Å². The molecule has 0 saturated carbocycles. The van der Waals surface area contributed by atoms with E-state index in [-0.39, 0.29) is 5.82 Å². The minimum atomic E-state index is -0.183. The first kappa shape index (κ1) is 20.4. The largest absolute Gasteiger partial charge is 0.362 e. The molecule has 6 rings (SSSR count). The smallest absolute Gasteiger partial charge is 0.157 e. The summed E-state index contributed by atoms with van der Waals surface area (Å²) in [4.78, 5) is 8.29. The second-order valence-corrected chi connectivity index (χ2v) is 9.31. The molecule has 2 aromatic carbocycles. The molecule has 2 aliphatic heterocycles. The standard InChI is InChI=1S/C26H29FN6/c1-18-29-30-26-17-32(24-5-2-3-6-25(24)33(18)26)12-4-11-31-13-9-19(10-14-31)22-16-28-23-15-20(27)7-8-21(22)23/h2-3,5-8,15-16,19,28H,4,9-14,17H2,1H3. The van der Waals surface area contributed by atoms with Gasteiger partial charge in [-0.05, 0) is 87.6 Å². The molecule has 0 bridgehead atoms. The van der Waals surface area contributed by atoms with Gasteiger partial charge < -0.3 is 14.8 Å². The molecule has 6 nitrogen and oxygen atoms in total. The number of fused-ring (bicyclic) bond motifs is 4. The van der Waals surface area contributed by atoms with E-state index in [1.807, 2.05) is 13.0 Å². The Morgan fingerprint density at radius 2 is 1.85 bits per heavy atom. The summed E-state index contributed by atoms with van der Waals surface area (Å²) in [6, 6.07) is 13.6. The van der Waals surface area contributed by atoms with Gasteiger partial charge in [-0.15, -0.1) is 10.2 Å². The average molecular weight is 445 g/mol. The van der Waals surface area contributed by atoms with Crippen LogP contribution in [0, 0.1) is 12.7 Å². The molecule has 2 aromatic heterocycles. The Morgan fingerprint density at radius 3 is 2.70 bits per heavy atom. The van der Waals surface area contributed by atoms with Gasteiger partial charge in [0, 0.05) is 23.6 Å². The second-order valence-electron chi connectivity index (χ2n) is 9.31. The number of hydrogen-bond donors (Lipinski definition) is 1. The zero-order chi connectivity index (χ0) is 22.4. The maximum absolute atomic E-state index is 13.5. The first-order valence-electron chi connectivity index (χ1n) is 11.9. The van der Waals surface area contributed by atoms with Gasteiger partial charge in [-0.2, -0.15) is 0 Å². The molecule has 33 heavy (non-hydrogen) atoms. The number of aromatic nitrogens is 4. The lowest BCUT2D eigenvalue weighted by atomic mass is 9.89. The number of benzene rings is 2. The molecular formula is C26H29FN6. The van der Waals surface area contributed by atoms with Gasteiger partial charge in [-0.3, -0.25) is 4.57 Å². The number of halogens is 1. The second kappa shape index (κ2) is 8.30. The number of hydrogen-bond acceptors (Lipinski definition) is 4. The minimum absolute atomic E-state index is 0.183. The van der Waals surface area contributed by atoms with Crippen LogP contribution >= 0.6 is 0 Å². The van der Waals surface area contributed by atoms with E-state index in [4.69, 9.17) is 0 Å². The Hall–Kier alpha value is -3.19. The van der Waals surface area contributed by atoms with Crippen molar-refractivity contribution in [3.05, 3.63) is 71.7 Å². The average Bonchev–Trinajstić information content (AvgIpc) is 3.42. The van der Waals surface area contributed by atoms with E-state index < -0.39 is 0 Å². The Morgan fingerprint density at radius 1 is 1.03 bits per heavy atom. The van der Waals surface area contributed by atoms with E-state index in [9.17, 15) is 4.39 Å². The molecule has 1 saturated heterocycles. The third kappa shape index (κ3) is 3.70. The lowest BCUT2D eigenvalue weighted by molar-refractivity contribution is 0.211. The van der Waals surface area contributed by atoms with Crippen molar-refractivity contribution in [2.45, 2.75) is 38.6 Å². The quantitative estimate of drug-likeness (QED) is 0.481. The van der Waals surface area contributed by atoms with E-state index in [0.29, 0.717) is 5.92 Å². The molecule has 1 N–H and O–H groups in total. The van der Waals surface area contributed by atoms with Crippen molar-refractivity contribution >= 4 is 16.6 Å². The van der Waals surface area contributed by atoms with Crippen LogP contribution in [0.5, 0.6) is 0 Å². The van der Waals surface area contributed by atoms with Gasteiger partial charge in [0.1, 0.15) is 11.6 Å². The van der Waals surface area contributed by atoms with Crippen LogP contribution in [0.1, 0.15) is 42.4 Å². The van der Waals surface area contributed by atoms with Crippen molar-refractivity contribution in [2.75, 3.05) is 31.1 Å². The monoisotopic (exact) mass is 444 g/mol. The number of rotatable bonds is 5. The number of anilines is 1. The Kier molecular flexibility index (Phi) is 5.14. The van der Waals surface area contributed by atoms with Crippen LogP contribution in [0.4, 0.5) is 10.1 Å². The van der Waals surface area contributed by atoms with E-state index in [1.165, 1.54) is 22.3 Å². The van der Waals surface area contributed by atoms with Crippen molar-refractivity contribution in [1.29, 1.82) is 0 Å². The summed E-state index contributed by atoms with van der Waals surface area (Å²) < 4.78 is 15.7. The van der Waals surface area contributed by atoms with Crippen molar-refractivity contribution in [2.24, 2.45) is 0 Å². The van der Waals surface area contributed by atoms with Crippen molar-refractivity contribution < 1.29 is 4.39 Å². The molecular weight excluding hydrogens is 415 g/mol. The number of likely N-dealkylation sites (tertiary alicyclic amines) is 1. The summed E-state index contributed by atoms with van der Waals surface area (Å²) in [7, 11) is 0. The van der Waals surface area contributed by atoms with Crippen molar-refractivity contribution in [3.8, 4) is 5.69 Å². The maximum atomic E-state index is 13.5. The molecule has 0 aliphatic carbocycles. The molecule has 7 heteroatoms. The number of aryl methyl sites for hydroxylation is 1. The highest BCUT2D eigenvalue weighted by Crippen LogP contribution is 2.34. The lowest BCUT2D eigenvalue weighted by Crippen LogP contribution is -2.36. The molecule has 4 heterocycles. The summed E-state index contributed by atoms with van der Waals surface area (Å²) >= 11 is 0.